The molecule has 2 aromatic rings. The number of aromatic nitrogens is 2. The normalized spacial score (nSPS) is 18.1. The number of nitrogens with zero attached hydrogens (tertiary/aromatic N) is 3. The summed E-state index contributed by atoms with van der Waals surface area (Å²) in [6.45, 7) is 9.34. The fourth-order valence-electron chi connectivity index (χ4n) is 3.07. The SMILES string of the molecule is COc1cc(CN2CCC(Nc3nc(C(C)(C)C)ns3)C2)cc(OC)c1. The maximum atomic E-state index is 5.37. The Morgan fingerprint density at radius 3 is 2.46 bits per heavy atom. The molecule has 6 nitrogen and oxygen atoms in total. The lowest BCUT2D eigenvalue weighted by Gasteiger charge is -2.17. The number of hydrogen-bond donors (Lipinski definition) is 1. The highest BCUT2D eigenvalue weighted by Gasteiger charge is 2.25. The first kappa shape index (κ1) is 18.9. The van der Waals surface area contributed by atoms with Gasteiger partial charge in [-0.1, -0.05) is 20.8 Å². The summed E-state index contributed by atoms with van der Waals surface area (Å²) in [7, 11) is 3.37. The molecule has 0 aliphatic carbocycles. The van der Waals surface area contributed by atoms with Crippen molar-refractivity contribution in [1.29, 1.82) is 0 Å². The second-order valence-corrected chi connectivity index (χ2v) is 8.51. The molecule has 0 bridgehead atoms. The monoisotopic (exact) mass is 376 g/mol. The topological polar surface area (TPSA) is 59.5 Å². The predicted octanol–water partition coefficient (Wildman–Crippen LogP) is 3.54. The minimum absolute atomic E-state index is 0.0104. The van der Waals surface area contributed by atoms with E-state index in [2.05, 4.69) is 52.5 Å². The molecule has 1 saturated heterocycles. The van der Waals surface area contributed by atoms with Crippen LogP contribution in [0.15, 0.2) is 18.2 Å². The summed E-state index contributed by atoms with van der Waals surface area (Å²) in [6.07, 6.45) is 1.10. The summed E-state index contributed by atoms with van der Waals surface area (Å²) in [4.78, 5) is 7.09. The van der Waals surface area contributed by atoms with Crippen LogP contribution in [0.5, 0.6) is 11.5 Å². The number of nitrogens with one attached hydrogen (secondary N) is 1. The standard InChI is InChI=1S/C19H28N4O2S/c1-19(2,3)17-21-18(26-22-17)20-14-6-7-23(12-14)11-13-8-15(24-4)10-16(9-13)25-5/h8-10,14H,6-7,11-12H2,1-5H3,(H,20,21,22). The third kappa shape index (κ3) is 4.65. The van der Waals surface area contributed by atoms with E-state index in [0.717, 1.165) is 48.5 Å². The fraction of sp³-hybridized carbons (Fsp3) is 0.579. The van der Waals surface area contributed by atoms with E-state index < -0.39 is 0 Å². The molecule has 142 valence electrons. The van der Waals surface area contributed by atoms with Gasteiger partial charge in [-0.15, -0.1) is 0 Å². The third-order valence-electron chi connectivity index (χ3n) is 4.51. The fourth-order valence-corrected chi connectivity index (χ4v) is 3.91. The molecule has 1 unspecified atom stereocenters. The Morgan fingerprint density at radius 1 is 1.19 bits per heavy atom. The van der Waals surface area contributed by atoms with Crippen molar-refractivity contribution >= 4 is 16.7 Å². The average molecular weight is 377 g/mol. The maximum Gasteiger partial charge on any atom is 0.202 e. The van der Waals surface area contributed by atoms with Crippen molar-refractivity contribution in [1.82, 2.24) is 14.3 Å². The number of hydrogen-bond acceptors (Lipinski definition) is 7. The number of rotatable bonds is 6. The van der Waals surface area contributed by atoms with E-state index in [1.807, 2.05) is 6.07 Å². The number of methoxy groups -OCH3 is 2. The minimum atomic E-state index is -0.0104. The van der Waals surface area contributed by atoms with E-state index in [1.54, 1.807) is 14.2 Å². The molecule has 1 aliphatic rings. The summed E-state index contributed by atoms with van der Waals surface area (Å²) in [5.74, 6) is 2.57. The Labute approximate surface area is 159 Å². The van der Waals surface area contributed by atoms with E-state index in [1.165, 1.54) is 17.1 Å². The molecule has 0 radical (unpaired) electrons. The molecular weight excluding hydrogens is 348 g/mol. The van der Waals surface area contributed by atoms with Crippen molar-refractivity contribution in [2.75, 3.05) is 32.6 Å². The molecule has 2 heterocycles. The first-order valence-electron chi connectivity index (χ1n) is 8.92. The van der Waals surface area contributed by atoms with Crippen LogP contribution < -0.4 is 14.8 Å². The van der Waals surface area contributed by atoms with E-state index in [-0.39, 0.29) is 5.41 Å². The molecule has 1 N–H and O–H groups in total. The number of benzene rings is 1. The van der Waals surface area contributed by atoms with Gasteiger partial charge in [-0.2, -0.15) is 4.37 Å². The lowest BCUT2D eigenvalue weighted by molar-refractivity contribution is 0.326. The molecule has 7 heteroatoms. The van der Waals surface area contributed by atoms with Gasteiger partial charge in [0.1, 0.15) is 17.3 Å². The van der Waals surface area contributed by atoms with Crippen LogP contribution in [-0.2, 0) is 12.0 Å². The zero-order chi connectivity index (χ0) is 18.7. The van der Waals surface area contributed by atoms with Gasteiger partial charge >= 0.3 is 0 Å². The molecule has 1 aliphatic heterocycles. The Kier molecular flexibility index (Phi) is 5.67. The Hall–Kier alpha value is -1.86. The van der Waals surface area contributed by atoms with Crippen molar-refractivity contribution in [2.45, 2.75) is 45.2 Å². The van der Waals surface area contributed by atoms with Crippen molar-refractivity contribution in [2.24, 2.45) is 0 Å². The number of ether oxygens (including phenoxy) is 2. The number of likely N-dealkylation sites (tertiary alicyclic amines) is 1. The molecule has 1 aromatic heterocycles. The second-order valence-electron chi connectivity index (χ2n) is 7.76. The van der Waals surface area contributed by atoms with Gasteiger partial charge in [0, 0.05) is 48.7 Å². The molecule has 1 fully saturated rings. The van der Waals surface area contributed by atoms with Gasteiger partial charge < -0.3 is 14.8 Å². The molecule has 3 rings (SSSR count). The second kappa shape index (κ2) is 7.80. The van der Waals surface area contributed by atoms with Gasteiger partial charge in [-0.25, -0.2) is 4.98 Å². The Balaban J connectivity index is 1.58. The van der Waals surface area contributed by atoms with Gasteiger partial charge in [0.25, 0.3) is 0 Å². The average Bonchev–Trinajstić information content (AvgIpc) is 3.24. The lowest BCUT2D eigenvalue weighted by Crippen LogP contribution is -2.26. The first-order chi connectivity index (χ1) is 12.4. The summed E-state index contributed by atoms with van der Waals surface area (Å²) < 4.78 is 15.2. The summed E-state index contributed by atoms with van der Waals surface area (Å²) in [5, 5.41) is 4.47. The van der Waals surface area contributed by atoms with Crippen molar-refractivity contribution < 1.29 is 9.47 Å². The molecule has 0 amide bonds. The van der Waals surface area contributed by atoms with E-state index in [0.29, 0.717) is 6.04 Å². The van der Waals surface area contributed by atoms with Gasteiger partial charge in [-0.3, -0.25) is 4.90 Å². The highest BCUT2D eigenvalue weighted by molar-refractivity contribution is 7.09. The van der Waals surface area contributed by atoms with Crippen LogP contribution in [0.4, 0.5) is 5.13 Å². The van der Waals surface area contributed by atoms with Crippen LogP contribution >= 0.6 is 11.5 Å². The number of anilines is 1. The smallest absolute Gasteiger partial charge is 0.202 e. The van der Waals surface area contributed by atoms with Crippen molar-refractivity contribution in [3.05, 3.63) is 29.6 Å². The molecule has 0 saturated carbocycles. The van der Waals surface area contributed by atoms with Gasteiger partial charge in [-0.05, 0) is 24.1 Å². The van der Waals surface area contributed by atoms with Crippen molar-refractivity contribution in [3.63, 3.8) is 0 Å². The zero-order valence-electron chi connectivity index (χ0n) is 16.2. The van der Waals surface area contributed by atoms with Crippen LogP contribution in [0.2, 0.25) is 0 Å². The molecule has 0 spiro atoms. The van der Waals surface area contributed by atoms with Crippen molar-refractivity contribution in [3.8, 4) is 11.5 Å². The van der Waals surface area contributed by atoms with E-state index in [4.69, 9.17) is 9.47 Å². The van der Waals surface area contributed by atoms with Crippen LogP contribution in [0.25, 0.3) is 0 Å². The third-order valence-corrected chi connectivity index (χ3v) is 5.16. The van der Waals surface area contributed by atoms with Gasteiger partial charge in [0.05, 0.1) is 14.2 Å². The molecule has 1 atom stereocenters. The van der Waals surface area contributed by atoms with Gasteiger partial charge in [0.15, 0.2) is 0 Å². The Morgan fingerprint density at radius 2 is 1.88 bits per heavy atom. The molecule has 26 heavy (non-hydrogen) atoms. The molecular formula is C19H28N4O2S. The first-order valence-corrected chi connectivity index (χ1v) is 9.70. The largest absolute Gasteiger partial charge is 0.497 e. The quantitative estimate of drug-likeness (QED) is 0.832. The molecule has 1 aromatic carbocycles. The zero-order valence-corrected chi connectivity index (χ0v) is 17.0. The van der Waals surface area contributed by atoms with E-state index in [9.17, 15) is 0 Å². The minimum Gasteiger partial charge on any atom is -0.497 e. The van der Waals surface area contributed by atoms with Gasteiger partial charge in [0.2, 0.25) is 5.13 Å². The van der Waals surface area contributed by atoms with Crippen LogP contribution in [0.3, 0.4) is 0 Å². The predicted molar refractivity (Wildman–Crippen MR) is 105 cm³/mol. The maximum absolute atomic E-state index is 5.37. The Bertz CT molecular complexity index is 719. The van der Waals surface area contributed by atoms with Crippen LogP contribution in [-0.4, -0.2) is 47.6 Å². The van der Waals surface area contributed by atoms with Crippen LogP contribution in [0, 0.1) is 0 Å². The highest BCUT2D eigenvalue weighted by Crippen LogP contribution is 2.26. The van der Waals surface area contributed by atoms with E-state index >= 15 is 0 Å². The lowest BCUT2D eigenvalue weighted by atomic mass is 9.96. The highest BCUT2D eigenvalue weighted by atomic mass is 32.1. The summed E-state index contributed by atoms with van der Waals surface area (Å²) >= 11 is 1.45. The van der Waals surface area contributed by atoms with Crippen LogP contribution in [0.1, 0.15) is 38.6 Å². The summed E-state index contributed by atoms with van der Waals surface area (Å²) in [6, 6.07) is 6.45. The summed E-state index contributed by atoms with van der Waals surface area (Å²) in [5.41, 5.74) is 1.19.